The second kappa shape index (κ2) is 13.3. The monoisotopic (exact) mass is 644 g/mol. The quantitative estimate of drug-likeness (QED) is 0.156. The Morgan fingerprint density at radius 3 is 1.54 bits per heavy atom. The van der Waals surface area contributed by atoms with Gasteiger partial charge in [-0.05, 0) is 66.1 Å². The summed E-state index contributed by atoms with van der Waals surface area (Å²) in [7, 11) is 1.37. The Kier molecular flexibility index (Phi) is 9.81. The lowest BCUT2D eigenvalue weighted by atomic mass is 10.1. The van der Waals surface area contributed by atoms with Crippen LogP contribution in [0.2, 0.25) is 0 Å². The van der Waals surface area contributed by atoms with E-state index in [2.05, 4.69) is 25.1 Å². The average Bonchev–Trinajstić information content (AvgIpc) is 3.77. The van der Waals surface area contributed by atoms with Gasteiger partial charge in [0.1, 0.15) is 9.75 Å². The topological polar surface area (TPSA) is 135 Å². The van der Waals surface area contributed by atoms with E-state index in [1.807, 2.05) is 12.1 Å². The minimum atomic E-state index is -0.959. The molecule has 0 aromatic carbocycles. The van der Waals surface area contributed by atoms with Crippen LogP contribution >= 0.6 is 56.7 Å². The van der Waals surface area contributed by atoms with Crippen LogP contribution in [-0.2, 0) is 32.0 Å². The third-order valence-corrected chi connectivity index (χ3v) is 12.1. The number of rotatable bonds is 9. The maximum atomic E-state index is 12.2. The van der Waals surface area contributed by atoms with Gasteiger partial charge < -0.3 is 14.9 Å². The Labute approximate surface area is 253 Å². The van der Waals surface area contributed by atoms with Crippen LogP contribution in [0.15, 0.2) is 48.5 Å². The summed E-state index contributed by atoms with van der Waals surface area (Å²) in [5, 5.41) is 18.6. The Bertz CT molecular complexity index is 1760. The lowest BCUT2D eigenvalue weighted by molar-refractivity contribution is -0.191. The van der Waals surface area contributed by atoms with Crippen LogP contribution in [0.4, 0.5) is 0 Å². The molecule has 5 aromatic heterocycles. The highest BCUT2D eigenvalue weighted by atomic mass is 32.1. The zero-order chi connectivity index (χ0) is 29.7. The molecule has 0 saturated heterocycles. The molecule has 0 atom stereocenters. The van der Waals surface area contributed by atoms with E-state index in [1.54, 1.807) is 40.9 Å². The van der Waals surface area contributed by atoms with Crippen LogP contribution in [0, 0.1) is 0 Å². The number of carboxylic acids is 2. The minimum absolute atomic E-state index is 0.125. The third kappa shape index (κ3) is 6.79. The van der Waals surface area contributed by atoms with Gasteiger partial charge in [0.05, 0.1) is 13.5 Å². The van der Waals surface area contributed by atoms with E-state index >= 15 is 0 Å². The lowest BCUT2D eigenvalue weighted by Gasteiger charge is -2.01. The molecule has 41 heavy (non-hydrogen) atoms. The molecule has 0 aliphatic heterocycles. The van der Waals surface area contributed by atoms with Gasteiger partial charge in [0.2, 0.25) is 0 Å². The highest BCUT2D eigenvalue weighted by Crippen LogP contribution is 2.48. The summed E-state index contributed by atoms with van der Waals surface area (Å²) in [6.07, 6.45) is 1.22. The summed E-state index contributed by atoms with van der Waals surface area (Å²) in [4.78, 5) is 59.7. The van der Waals surface area contributed by atoms with E-state index < -0.39 is 11.9 Å². The van der Waals surface area contributed by atoms with Crippen molar-refractivity contribution in [2.45, 2.75) is 19.8 Å². The molecule has 0 aliphatic carbocycles. The summed E-state index contributed by atoms with van der Waals surface area (Å²) < 4.78 is 4.92. The minimum Gasteiger partial charge on any atom is -0.477 e. The predicted molar refractivity (Wildman–Crippen MR) is 162 cm³/mol. The first kappa shape index (κ1) is 30.3. The van der Waals surface area contributed by atoms with Gasteiger partial charge in [-0.3, -0.25) is 4.79 Å². The Balaban J connectivity index is 0.00000124. The molecule has 0 fully saturated rings. The molecule has 0 spiro atoms. The van der Waals surface area contributed by atoms with Gasteiger partial charge in [0.25, 0.3) is 0 Å². The van der Waals surface area contributed by atoms with E-state index in [-0.39, 0.29) is 23.4 Å². The van der Waals surface area contributed by atoms with Gasteiger partial charge in [-0.15, -0.1) is 56.7 Å². The molecule has 8 nitrogen and oxygen atoms in total. The molecule has 5 aromatic rings. The number of thiophene rings is 5. The molecule has 0 bridgehead atoms. The van der Waals surface area contributed by atoms with Gasteiger partial charge >= 0.3 is 24.1 Å². The third-order valence-electron chi connectivity index (χ3n) is 5.73. The molecule has 210 valence electrons. The first-order valence-corrected chi connectivity index (χ1v) is 15.9. The van der Waals surface area contributed by atoms with E-state index in [0.717, 1.165) is 51.0 Å². The molecule has 0 aliphatic rings. The number of carbonyl (C=O) groups is 3. The van der Waals surface area contributed by atoms with Crippen LogP contribution in [0.3, 0.4) is 0 Å². The second-order valence-electron chi connectivity index (χ2n) is 8.22. The summed E-state index contributed by atoms with van der Waals surface area (Å²) in [5.74, 6) is -2.21. The maximum absolute atomic E-state index is 12.2. The fraction of sp³-hybridized carbons (Fsp3) is 0.143. The van der Waals surface area contributed by atoms with Crippen molar-refractivity contribution >= 4 is 80.7 Å². The first-order chi connectivity index (χ1) is 19.7. The van der Waals surface area contributed by atoms with Gasteiger partial charge in [0.15, 0.2) is 0 Å². The number of esters is 1. The summed E-state index contributed by atoms with van der Waals surface area (Å²) in [6.45, 7) is 2.10. The van der Waals surface area contributed by atoms with Crippen molar-refractivity contribution in [1.29, 1.82) is 0 Å². The van der Waals surface area contributed by atoms with Gasteiger partial charge in [-0.25, -0.2) is 9.59 Å². The molecule has 5 heterocycles. The molecule has 2 N–H and O–H groups in total. The number of hydrogen-bond donors (Lipinski definition) is 2. The highest BCUT2D eigenvalue weighted by Gasteiger charge is 2.21. The molecule has 0 radical (unpaired) electrons. The fourth-order valence-electron chi connectivity index (χ4n) is 3.89. The van der Waals surface area contributed by atoms with Crippen molar-refractivity contribution < 1.29 is 38.9 Å². The maximum Gasteiger partial charge on any atom is 0.373 e. The normalized spacial score (nSPS) is 10.5. The van der Waals surface area contributed by atoms with Crippen molar-refractivity contribution in [2.24, 2.45) is 0 Å². The van der Waals surface area contributed by atoms with E-state index in [0.29, 0.717) is 4.88 Å². The number of aromatic carboxylic acids is 2. The smallest absolute Gasteiger partial charge is 0.373 e. The molecule has 0 unspecified atom stereocenters. The van der Waals surface area contributed by atoms with Crippen molar-refractivity contribution in [3.63, 3.8) is 0 Å². The molecule has 13 heteroatoms. The second-order valence-corrected chi connectivity index (χ2v) is 13.6. The van der Waals surface area contributed by atoms with Crippen molar-refractivity contribution in [3.8, 4) is 39.0 Å². The molecular formula is C28H20O8S5. The summed E-state index contributed by atoms with van der Waals surface area (Å²) in [5.41, 5.74) is 2.04. The SMILES string of the molecule is CCc1cc(-c2ccc(C(=O)O)s2)sc1-c1ccc(-c2sc(-c3ccc(C(=O)O)s3)cc2CC(=O)OC)s1.O=C=O. The van der Waals surface area contributed by atoms with Crippen LogP contribution in [0.1, 0.15) is 37.4 Å². The van der Waals surface area contributed by atoms with Crippen LogP contribution in [0.25, 0.3) is 39.0 Å². The summed E-state index contributed by atoms with van der Waals surface area (Å²) >= 11 is 7.32. The fourth-order valence-corrected chi connectivity index (χ4v) is 9.47. The van der Waals surface area contributed by atoms with Crippen LogP contribution in [0.5, 0.6) is 0 Å². The van der Waals surface area contributed by atoms with E-state index in [9.17, 15) is 24.6 Å². The van der Waals surface area contributed by atoms with E-state index in [1.165, 1.54) is 46.7 Å². The number of methoxy groups -OCH3 is 1. The van der Waals surface area contributed by atoms with E-state index in [4.69, 9.17) is 14.3 Å². The molecule has 5 rings (SSSR count). The van der Waals surface area contributed by atoms with Gasteiger partial charge in [-0.1, -0.05) is 6.92 Å². The van der Waals surface area contributed by atoms with Crippen LogP contribution in [-0.4, -0.2) is 41.4 Å². The predicted octanol–water partition coefficient (Wildman–Crippen LogP) is 7.75. The number of hydrogen-bond acceptors (Lipinski definition) is 11. The Morgan fingerprint density at radius 2 is 1.12 bits per heavy atom. The molecule has 0 saturated carbocycles. The zero-order valence-electron chi connectivity index (χ0n) is 21.4. The van der Waals surface area contributed by atoms with Crippen molar-refractivity contribution in [1.82, 2.24) is 0 Å². The van der Waals surface area contributed by atoms with Gasteiger partial charge in [0, 0.05) is 39.0 Å². The summed E-state index contributed by atoms with van der Waals surface area (Å²) in [6, 6.07) is 15.1. The average molecular weight is 645 g/mol. The van der Waals surface area contributed by atoms with Crippen molar-refractivity contribution in [2.75, 3.05) is 7.11 Å². The number of aryl methyl sites for hydroxylation is 1. The number of ether oxygens (including phenoxy) is 1. The number of carboxylic acid groups (broad SMARTS) is 2. The largest absolute Gasteiger partial charge is 0.477 e. The van der Waals surface area contributed by atoms with Crippen LogP contribution < -0.4 is 0 Å². The van der Waals surface area contributed by atoms with Crippen molar-refractivity contribution in [3.05, 3.63) is 69.4 Å². The van der Waals surface area contributed by atoms with Gasteiger partial charge in [-0.2, -0.15) is 9.59 Å². The Hall–Kier alpha value is -3.71. The molecular weight excluding hydrogens is 625 g/mol. The lowest BCUT2D eigenvalue weighted by Crippen LogP contribution is -2.04. The first-order valence-electron chi connectivity index (χ1n) is 11.8. The molecule has 0 amide bonds. The number of carbonyl (C=O) groups excluding carboxylic acids is 3. The highest BCUT2D eigenvalue weighted by molar-refractivity contribution is 7.30. The zero-order valence-corrected chi connectivity index (χ0v) is 25.5. The Morgan fingerprint density at radius 1 is 0.683 bits per heavy atom. The standard InChI is InChI=1S/C27H20O6S5.CO2/c1-3-13-10-21(15-4-8-19(34-15)26(29)30)37-24(13)17-6-7-18(36-17)25-14(12-23(28)33-2)11-22(38-25)16-5-9-20(35-16)27(31)32;2-1-3/h4-11H,3,12H2,1-2H3,(H,29,30)(H,31,32);.